The molecule has 2 rings (SSSR count). The molecular weight excluding hydrogens is 392 g/mol. The number of nitrogens with one attached hydrogen (secondary N) is 1. The minimum atomic E-state index is -0.486. The van der Waals surface area contributed by atoms with Crippen LogP contribution in [-0.2, 0) is 5.54 Å². The van der Waals surface area contributed by atoms with Crippen molar-refractivity contribution < 1.29 is 4.79 Å². The van der Waals surface area contributed by atoms with Gasteiger partial charge in [-0.3, -0.25) is 4.79 Å². The maximum atomic E-state index is 12.3. The summed E-state index contributed by atoms with van der Waals surface area (Å²) in [5.41, 5.74) is 0.117. The Labute approximate surface area is 132 Å². The summed E-state index contributed by atoms with van der Waals surface area (Å²) in [6.45, 7) is 3.88. The van der Waals surface area contributed by atoms with Crippen LogP contribution in [0.5, 0.6) is 0 Å². The fourth-order valence-corrected chi connectivity index (χ4v) is 3.64. The van der Waals surface area contributed by atoms with E-state index >= 15 is 0 Å². The second-order valence-corrected chi connectivity index (χ2v) is 7.30. The fraction of sp³-hybridized carbons (Fsp3) is 0.231. The Morgan fingerprint density at radius 1 is 1.26 bits per heavy atom. The summed E-state index contributed by atoms with van der Waals surface area (Å²) in [5, 5.41) is 5.78. The Kier molecular flexibility index (Phi) is 4.43. The lowest BCUT2D eigenvalue weighted by molar-refractivity contribution is 0.0912. The molecule has 100 valence electrons. The number of benzene rings is 1. The van der Waals surface area contributed by atoms with Crippen molar-refractivity contribution in [2.45, 2.75) is 19.4 Å². The molecule has 0 fully saturated rings. The Balaban J connectivity index is 2.21. The van der Waals surface area contributed by atoms with Crippen LogP contribution in [-0.4, -0.2) is 10.9 Å². The van der Waals surface area contributed by atoms with Gasteiger partial charge in [0.25, 0.3) is 5.91 Å². The molecule has 0 saturated carbocycles. The highest BCUT2D eigenvalue weighted by Crippen LogP contribution is 2.24. The Bertz CT molecular complexity index is 576. The van der Waals surface area contributed by atoms with Gasteiger partial charge in [-0.15, -0.1) is 11.3 Å². The third-order valence-corrected chi connectivity index (χ3v) is 4.53. The molecule has 0 saturated heterocycles. The third-order valence-electron chi connectivity index (χ3n) is 2.52. The minimum Gasteiger partial charge on any atom is -0.341 e. The number of carbonyl (C=O) groups is 1. The lowest BCUT2D eigenvalue weighted by Crippen LogP contribution is -2.40. The van der Waals surface area contributed by atoms with E-state index in [4.69, 9.17) is 0 Å². The second-order valence-electron chi connectivity index (χ2n) is 4.57. The number of hydrogen-bond donors (Lipinski definition) is 1. The van der Waals surface area contributed by atoms with Crippen molar-refractivity contribution in [1.29, 1.82) is 0 Å². The number of nitrogens with zero attached hydrogens (tertiary/aromatic N) is 1. The van der Waals surface area contributed by atoms with Crippen LogP contribution in [0, 0.1) is 0 Å². The summed E-state index contributed by atoms with van der Waals surface area (Å²) in [5.74, 6) is -0.123. The zero-order valence-electron chi connectivity index (χ0n) is 10.4. The lowest BCUT2D eigenvalue weighted by Gasteiger charge is -2.23. The number of rotatable bonds is 3. The molecule has 3 nitrogen and oxygen atoms in total. The van der Waals surface area contributed by atoms with Crippen molar-refractivity contribution in [3.05, 3.63) is 49.3 Å². The molecule has 0 radical (unpaired) electrons. The van der Waals surface area contributed by atoms with Gasteiger partial charge in [0, 0.05) is 26.1 Å². The molecule has 0 spiro atoms. The van der Waals surface area contributed by atoms with Gasteiger partial charge in [0.1, 0.15) is 5.01 Å². The maximum Gasteiger partial charge on any atom is 0.252 e. The largest absolute Gasteiger partial charge is 0.341 e. The standard InChI is InChI=1S/C13H12Br2N2OS/c1-13(2,12-16-3-4-19-12)17-11(18)8-5-9(14)7-10(15)6-8/h3-7H,1-2H3,(H,17,18). The number of thiazole rings is 1. The maximum absolute atomic E-state index is 12.3. The summed E-state index contributed by atoms with van der Waals surface area (Å²) >= 11 is 8.29. The van der Waals surface area contributed by atoms with Crippen molar-refractivity contribution in [2.75, 3.05) is 0 Å². The minimum absolute atomic E-state index is 0.123. The molecule has 0 bridgehead atoms. The van der Waals surface area contributed by atoms with Crippen LogP contribution in [0.15, 0.2) is 38.7 Å². The van der Waals surface area contributed by atoms with E-state index in [1.807, 2.05) is 25.3 Å². The van der Waals surface area contributed by atoms with Crippen LogP contribution in [0.3, 0.4) is 0 Å². The molecule has 0 aliphatic rings. The van der Waals surface area contributed by atoms with Crippen LogP contribution in [0.4, 0.5) is 0 Å². The van der Waals surface area contributed by atoms with Crippen molar-refractivity contribution in [1.82, 2.24) is 10.3 Å². The number of carbonyl (C=O) groups excluding carboxylic acids is 1. The van der Waals surface area contributed by atoms with Crippen LogP contribution in [0.25, 0.3) is 0 Å². The van der Waals surface area contributed by atoms with Crippen LogP contribution in [0.2, 0.25) is 0 Å². The van der Waals surface area contributed by atoms with Gasteiger partial charge < -0.3 is 5.32 Å². The summed E-state index contributed by atoms with van der Waals surface area (Å²) in [6, 6.07) is 5.47. The molecule has 0 atom stereocenters. The first-order chi connectivity index (χ1) is 8.88. The summed E-state index contributed by atoms with van der Waals surface area (Å²) in [6.07, 6.45) is 1.74. The van der Waals surface area contributed by atoms with E-state index in [0.29, 0.717) is 5.56 Å². The third kappa shape index (κ3) is 3.64. The summed E-state index contributed by atoms with van der Waals surface area (Å²) in [7, 11) is 0. The molecule has 1 heterocycles. The van der Waals surface area contributed by atoms with Gasteiger partial charge in [0.05, 0.1) is 5.54 Å². The highest BCUT2D eigenvalue weighted by Gasteiger charge is 2.26. The SMILES string of the molecule is CC(C)(NC(=O)c1cc(Br)cc(Br)c1)c1nccs1. The average Bonchev–Trinajstić information content (AvgIpc) is 2.80. The predicted octanol–water partition coefficient (Wildman–Crippen LogP) is 4.33. The molecule has 2 aromatic rings. The fourth-order valence-electron chi connectivity index (χ4n) is 1.63. The van der Waals surface area contributed by atoms with Crippen LogP contribution < -0.4 is 5.32 Å². The number of aromatic nitrogens is 1. The summed E-state index contributed by atoms with van der Waals surface area (Å²) in [4.78, 5) is 16.5. The molecule has 6 heteroatoms. The predicted molar refractivity (Wildman–Crippen MR) is 84.4 cm³/mol. The number of amides is 1. The molecule has 1 amide bonds. The van der Waals surface area contributed by atoms with Gasteiger partial charge in [-0.25, -0.2) is 4.98 Å². The molecule has 1 aromatic carbocycles. The van der Waals surface area contributed by atoms with Crippen LogP contribution >= 0.6 is 43.2 Å². The van der Waals surface area contributed by atoms with E-state index in [0.717, 1.165) is 14.0 Å². The van der Waals surface area contributed by atoms with E-state index < -0.39 is 5.54 Å². The number of halogens is 2. The zero-order valence-corrected chi connectivity index (χ0v) is 14.4. The van der Waals surface area contributed by atoms with E-state index in [1.165, 1.54) is 11.3 Å². The lowest BCUT2D eigenvalue weighted by atomic mass is 10.1. The van der Waals surface area contributed by atoms with Crippen molar-refractivity contribution in [3.63, 3.8) is 0 Å². The van der Waals surface area contributed by atoms with E-state index in [1.54, 1.807) is 18.3 Å². The molecule has 0 aliphatic heterocycles. The van der Waals surface area contributed by atoms with Crippen molar-refractivity contribution in [2.24, 2.45) is 0 Å². The van der Waals surface area contributed by atoms with Gasteiger partial charge in [0.2, 0.25) is 0 Å². The van der Waals surface area contributed by atoms with E-state index in [9.17, 15) is 4.79 Å². The van der Waals surface area contributed by atoms with Gasteiger partial charge in [-0.05, 0) is 32.0 Å². The molecule has 0 aliphatic carbocycles. The molecule has 0 unspecified atom stereocenters. The first-order valence-electron chi connectivity index (χ1n) is 5.57. The van der Waals surface area contributed by atoms with Gasteiger partial charge in [-0.1, -0.05) is 31.9 Å². The van der Waals surface area contributed by atoms with Crippen LogP contribution in [0.1, 0.15) is 29.2 Å². The van der Waals surface area contributed by atoms with E-state index in [-0.39, 0.29) is 5.91 Å². The van der Waals surface area contributed by atoms with E-state index in [2.05, 4.69) is 42.2 Å². The molecule has 19 heavy (non-hydrogen) atoms. The Morgan fingerprint density at radius 3 is 2.42 bits per heavy atom. The van der Waals surface area contributed by atoms with Crippen molar-refractivity contribution >= 4 is 49.1 Å². The van der Waals surface area contributed by atoms with Gasteiger partial charge in [0.15, 0.2) is 0 Å². The smallest absolute Gasteiger partial charge is 0.252 e. The number of hydrogen-bond acceptors (Lipinski definition) is 3. The quantitative estimate of drug-likeness (QED) is 0.828. The first-order valence-corrected chi connectivity index (χ1v) is 8.03. The van der Waals surface area contributed by atoms with Crippen molar-refractivity contribution in [3.8, 4) is 0 Å². The van der Waals surface area contributed by atoms with Gasteiger partial charge >= 0.3 is 0 Å². The Morgan fingerprint density at radius 2 is 1.89 bits per heavy atom. The second kappa shape index (κ2) is 5.73. The molecule has 1 N–H and O–H groups in total. The molecular formula is C13H12Br2N2OS. The monoisotopic (exact) mass is 402 g/mol. The van der Waals surface area contributed by atoms with Gasteiger partial charge in [-0.2, -0.15) is 0 Å². The first kappa shape index (κ1) is 14.7. The summed E-state index contributed by atoms with van der Waals surface area (Å²) < 4.78 is 1.72. The highest BCUT2D eigenvalue weighted by atomic mass is 79.9. The topological polar surface area (TPSA) is 42.0 Å². The molecule has 1 aromatic heterocycles. The normalized spacial score (nSPS) is 11.4. The average molecular weight is 404 g/mol. The highest BCUT2D eigenvalue weighted by molar-refractivity contribution is 9.11. The Hall–Kier alpha value is -0.720. The zero-order chi connectivity index (χ0) is 14.0.